The van der Waals surface area contributed by atoms with Crippen LogP contribution in [0.25, 0.3) is 0 Å². The summed E-state index contributed by atoms with van der Waals surface area (Å²) < 4.78 is 27.1. The summed E-state index contributed by atoms with van der Waals surface area (Å²) in [6.45, 7) is 1.11. The molecule has 1 unspecified atom stereocenters. The average Bonchev–Trinajstić information content (AvgIpc) is 3.11. The van der Waals surface area contributed by atoms with E-state index < -0.39 is 18.1 Å². The summed E-state index contributed by atoms with van der Waals surface area (Å²) in [5.41, 5.74) is 0.873. The molecule has 6 heteroatoms. The molecule has 0 radical (unpaired) electrons. The number of alkyl halides is 2. The van der Waals surface area contributed by atoms with Crippen molar-refractivity contribution >= 4 is 5.91 Å². The lowest BCUT2D eigenvalue weighted by Gasteiger charge is -2.25. The number of aromatic nitrogens is 1. The highest BCUT2D eigenvalue weighted by atomic mass is 19.3. The van der Waals surface area contributed by atoms with Crippen molar-refractivity contribution < 1.29 is 18.7 Å². The van der Waals surface area contributed by atoms with Gasteiger partial charge in [0.05, 0.1) is 6.54 Å². The maximum Gasteiger partial charge on any atom is 0.319 e. The summed E-state index contributed by atoms with van der Waals surface area (Å²) >= 11 is 0. The highest BCUT2D eigenvalue weighted by Gasteiger charge is 2.41. The van der Waals surface area contributed by atoms with E-state index in [-0.39, 0.29) is 12.2 Å². The molecule has 1 N–H and O–H groups in total. The third-order valence-corrected chi connectivity index (χ3v) is 4.72. The first-order chi connectivity index (χ1) is 11.3. The summed E-state index contributed by atoms with van der Waals surface area (Å²) in [5.74, 6) is -0.479. The average molecular weight is 334 g/mol. The van der Waals surface area contributed by atoms with Gasteiger partial charge in [-0.05, 0) is 43.5 Å². The SMILES string of the molecule is Cc1ccccc1C1(O)CCN(C(=O)c2ccc(C)n2C(F)F)C1. The fourth-order valence-electron chi connectivity index (χ4n) is 3.43. The monoisotopic (exact) mass is 334 g/mol. The molecular weight excluding hydrogens is 314 g/mol. The van der Waals surface area contributed by atoms with Gasteiger partial charge in [0.25, 0.3) is 5.91 Å². The van der Waals surface area contributed by atoms with Crippen LogP contribution in [0.5, 0.6) is 0 Å². The van der Waals surface area contributed by atoms with Gasteiger partial charge in [0.15, 0.2) is 0 Å². The van der Waals surface area contributed by atoms with Gasteiger partial charge in [-0.15, -0.1) is 0 Å². The zero-order chi connectivity index (χ0) is 17.5. The molecule has 1 fully saturated rings. The molecule has 3 rings (SSSR count). The molecule has 2 aromatic rings. The van der Waals surface area contributed by atoms with E-state index in [1.165, 1.54) is 24.0 Å². The van der Waals surface area contributed by atoms with Gasteiger partial charge in [-0.1, -0.05) is 24.3 Å². The Morgan fingerprint density at radius 3 is 2.58 bits per heavy atom. The Labute approximate surface area is 139 Å². The minimum Gasteiger partial charge on any atom is -0.383 e. The van der Waals surface area contributed by atoms with Crippen molar-refractivity contribution in [1.82, 2.24) is 9.47 Å². The van der Waals surface area contributed by atoms with Gasteiger partial charge >= 0.3 is 6.55 Å². The Bertz CT molecular complexity index is 772. The molecule has 2 heterocycles. The van der Waals surface area contributed by atoms with Gasteiger partial charge in [0, 0.05) is 12.2 Å². The zero-order valence-corrected chi connectivity index (χ0v) is 13.7. The Morgan fingerprint density at radius 2 is 1.92 bits per heavy atom. The zero-order valence-electron chi connectivity index (χ0n) is 13.7. The van der Waals surface area contributed by atoms with E-state index in [9.17, 15) is 18.7 Å². The van der Waals surface area contributed by atoms with E-state index in [0.29, 0.717) is 18.7 Å². The second kappa shape index (κ2) is 6.02. The molecule has 1 amide bonds. The third-order valence-electron chi connectivity index (χ3n) is 4.72. The van der Waals surface area contributed by atoms with E-state index in [4.69, 9.17) is 0 Å². The van der Waals surface area contributed by atoms with Crippen LogP contribution >= 0.6 is 0 Å². The number of nitrogens with zero attached hydrogens (tertiary/aromatic N) is 2. The summed E-state index contributed by atoms with van der Waals surface area (Å²) in [7, 11) is 0. The second-order valence-corrected chi connectivity index (χ2v) is 6.33. The van der Waals surface area contributed by atoms with E-state index >= 15 is 0 Å². The van der Waals surface area contributed by atoms with Crippen LogP contribution in [-0.2, 0) is 5.60 Å². The van der Waals surface area contributed by atoms with Crippen LogP contribution in [0.4, 0.5) is 8.78 Å². The topological polar surface area (TPSA) is 45.5 Å². The fraction of sp³-hybridized carbons (Fsp3) is 0.389. The lowest BCUT2D eigenvalue weighted by atomic mass is 9.89. The molecule has 1 aliphatic heterocycles. The van der Waals surface area contributed by atoms with Crippen LogP contribution in [0.3, 0.4) is 0 Å². The van der Waals surface area contributed by atoms with Crippen molar-refractivity contribution in [3.8, 4) is 0 Å². The lowest BCUT2D eigenvalue weighted by Crippen LogP contribution is -2.35. The number of hydrogen-bond donors (Lipinski definition) is 1. The Kier molecular flexibility index (Phi) is 4.17. The van der Waals surface area contributed by atoms with Gasteiger partial charge in [-0.3, -0.25) is 9.36 Å². The van der Waals surface area contributed by atoms with Crippen molar-refractivity contribution in [3.05, 3.63) is 58.9 Å². The number of β-amino-alcohol motifs (C(OH)–C–C–N with tert-alkyl or cyclic N) is 1. The largest absolute Gasteiger partial charge is 0.383 e. The summed E-state index contributed by atoms with van der Waals surface area (Å²) in [4.78, 5) is 14.1. The molecule has 1 aliphatic rings. The van der Waals surface area contributed by atoms with E-state index in [2.05, 4.69) is 0 Å². The smallest absolute Gasteiger partial charge is 0.319 e. The lowest BCUT2D eigenvalue weighted by molar-refractivity contribution is 0.0382. The standard InChI is InChI=1S/C18H20F2N2O2/c1-12-5-3-4-6-14(12)18(24)9-10-21(11-18)16(23)15-8-7-13(2)22(15)17(19)20/h3-8,17,24H,9-11H2,1-2H3. The van der Waals surface area contributed by atoms with Crippen molar-refractivity contribution in [2.75, 3.05) is 13.1 Å². The van der Waals surface area contributed by atoms with Gasteiger partial charge < -0.3 is 10.0 Å². The van der Waals surface area contributed by atoms with E-state index in [1.807, 2.05) is 31.2 Å². The van der Waals surface area contributed by atoms with Crippen LogP contribution in [0.2, 0.25) is 0 Å². The predicted octanol–water partition coefficient (Wildman–Crippen LogP) is 3.23. The molecule has 1 saturated heterocycles. The molecule has 0 bridgehead atoms. The number of rotatable bonds is 3. The number of carbonyl (C=O) groups excluding carboxylic acids is 1. The van der Waals surface area contributed by atoms with Crippen molar-refractivity contribution in [3.63, 3.8) is 0 Å². The number of hydrogen-bond acceptors (Lipinski definition) is 2. The highest BCUT2D eigenvalue weighted by molar-refractivity contribution is 5.93. The Morgan fingerprint density at radius 1 is 1.21 bits per heavy atom. The number of amides is 1. The molecule has 1 aromatic carbocycles. The van der Waals surface area contributed by atoms with Crippen molar-refractivity contribution in [2.45, 2.75) is 32.4 Å². The molecule has 1 atom stereocenters. The maximum absolute atomic E-state index is 13.2. The predicted molar refractivity (Wildman–Crippen MR) is 86.0 cm³/mol. The number of likely N-dealkylation sites (tertiary alicyclic amines) is 1. The number of aryl methyl sites for hydroxylation is 2. The first-order valence-electron chi connectivity index (χ1n) is 7.87. The first kappa shape index (κ1) is 16.6. The van der Waals surface area contributed by atoms with Crippen LogP contribution in [-0.4, -0.2) is 33.6 Å². The highest BCUT2D eigenvalue weighted by Crippen LogP contribution is 2.34. The molecule has 0 spiro atoms. The van der Waals surface area contributed by atoms with Crippen LogP contribution in [0.15, 0.2) is 36.4 Å². The van der Waals surface area contributed by atoms with E-state index in [1.54, 1.807) is 0 Å². The molecule has 0 saturated carbocycles. The number of benzene rings is 1. The number of aliphatic hydroxyl groups is 1. The Hall–Kier alpha value is -2.21. The molecule has 24 heavy (non-hydrogen) atoms. The van der Waals surface area contributed by atoms with Crippen LogP contribution in [0, 0.1) is 13.8 Å². The molecular formula is C18H20F2N2O2. The third kappa shape index (κ3) is 2.71. The normalized spacial score (nSPS) is 20.8. The van der Waals surface area contributed by atoms with E-state index in [0.717, 1.165) is 15.7 Å². The van der Waals surface area contributed by atoms with Crippen LogP contribution in [0.1, 0.15) is 40.3 Å². The van der Waals surface area contributed by atoms with Gasteiger partial charge in [-0.25, -0.2) is 0 Å². The van der Waals surface area contributed by atoms with Gasteiger partial charge in [0.2, 0.25) is 0 Å². The molecule has 4 nitrogen and oxygen atoms in total. The first-order valence-corrected chi connectivity index (χ1v) is 7.87. The molecule has 1 aromatic heterocycles. The van der Waals surface area contributed by atoms with Crippen molar-refractivity contribution in [1.29, 1.82) is 0 Å². The van der Waals surface area contributed by atoms with Gasteiger partial charge in [0.1, 0.15) is 11.3 Å². The number of carbonyl (C=O) groups is 1. The second-order valence-electron chi connectivity index (χ2n) is 6.33. The van der Waals surface area contributed by atoms with Crippen LogP contribution < -0.4 is 0 Å². The maximum atomic E-state index is 13.2. The molecule has 128 valence electrons. The quantitative estimate of drug-likeness (QED) is 0.937. The minimum absolute atomic E-state index is 0.0449. The summed E-state index contributed by atoms with van der Waals surface area (Å²) in [6, 6.07) is 10.4. The van der Waals surface area contributed by atoms with Gasteiger partial charge in [-0.2, -0.15) is 8.78 Å². The summed E-state index contributed by atoms with van der Waals surface area (Å²) in [6.07, 6.45) is 0.387. The summed E-state index contributed by atoms with van der Waals surface area (Å²) in [5, 5.41) is 10.9. The number of halogens is 2. The Balaban J connectivity index is 1.86. The fourth-order valence-corrected chi connectivity index (χ4v) is 3.43. The molecule has 0 aliphatic carbocycles. The van der Waals surface area contributed by atoms with Crippen molar-refractivity contribution in [2.24, 2.45) is 0 Å². The minimum atomic E-state index is -2.77.